The van der Waals surface area contributed by atoms with Gasteiger partial charge in [-0.05, 0) is 57.2 Å². The maximum absolute atomic E-state index is 13.4. The van der Waals surface area contributed by atoms with Gasteiger partial charge in [-0.25, -0.2) is 13.8 Å². The summed E-state index contributed by atoms with van der Waals surface area (Å²) in [7, 11) is 0. The Morgan fingerprint density at radius 1 is 0.852 bits per heavy atom. The highest BCUT2D eigenvalue weighted by Crippen LogP contribution is 2.22. The first-order chi connectivity index (χ1) is 12.9. The molecule has 0 saturated heterocycles. The van der Waals surface area contributed by atoms with Crippen LogP contribution in [0.2, 0.25) is 0 Å². The molecule has 2 aromatic carbocycles. The van der Waals surface area contributed by atoms with Crippen LogP contribution in [-0.4, -0.2) is 16.1 Å². The second kappa shape index (κ2) is 7.99. The lowest BCUT2D eigenvalue weighted by Gasteiger charge is -2.12. The molecule has 140 valence electrons. The fourth-order valence-electron chi connectivity index (χ4n) is 2.43. The zero-order chi connectivity index (χ0) is 19.4. The SMILES string of the molecule is Cc1cc(Nc2ccc(OC(C)C)cc2)nc(Nc2ccc(F)c(F)c2)n1. The third-order valence-corrected chi connectivity index (χ3v) is 3.53. The molecule has 0 amide bonds. The molecule has 1 aromatic heterocycles. The summed E-state index contributed by atoms with van der Waals surface area (Å²) in [6.07, 6.45) is 0.109. The van der Waals surface area contributed by atoms with Gasteiger partial charge in [0.05, 0.1) is 6.10 Å². The molecule has 0 fully saturated rings. The summed E-state index contributed by atoms with van der Waals surface area (Å²) in [5, 5.41) is 6.07. The van der Waals surface area contributed by atoms with Crippen molar-refractivity contribution < 1.29 is 13.5 Å². The molecule has 5 nitrogen and oxygen atoms in total. The smallest absolute Gasteiger partial charge is 0.229 e. The van der Waals surface area contributed by atoms with Crippen LogP contribution in [0.25, 0.3) is 0 Å². The van der Waals surface area contributed by atoms with Crippen LogP contribution in [0.5, 0.6) is 5.75 Å². The van der Waals surface area contributed by atoms with Gasteiger partial charge in [0, 0.05) is 29.2 Å². The average Bonchev–Trinajstić information content (AvgIpc) is 2.59. The van der Waals surface area contributed by atoms with Crippen molar-refractivity contribution in [1.29, 1.82) is 0 Å². The number of ether oxygens (including phenoxy) is 1. The van der Waals surface area contributed by atoms with Crippen LogP contribution in [0.1, 0.15) is 19.5 Å². The van der Waals surface area contributed by atoms with Crippen molar-refractivity contribution in [3.63, 3.8) is 0 Å². The average molecular weight is 370 g/mol. The van der Waals surface area contributed by atoms with E-state index in [9.17, 15) is 8.78 Å². The fourth-order valence-corrected chi connectivity index (χ4v) is 2.43. The van der Waals surface area contributed by atoms with Gasteiger partial charge in [-0.1, -0.05) is 0 Å². The quantitative estimate of drug-likeness (QED) is 0.613. The number of anilines is 4. The zero-order valence-corrected chi connectivity index (χ0v) is 15.3. The maximum Gasteiger partial charge on any atom is 0.229 e. The highest BCUT2D eigenvalue weighted by molar-refractivity contribution is 5.60. The van der Waals surface area contributed by atoms with E-state index < -0.39 is 11.6 Å². The van der Waals surface area contributed by atoms with Gasteiger partial charge in [0.1, 0.15) is 11.6 Å². The minimum absolute atomic E-state index is 0.109. The lowest BCUT2D eigenvalue weighted by molar-refractivity contribution is 0.242. The molecule has 0 spiro atoms. The molecule has 1 heterocycles. The van der Waals surface area contributed by atoms with Crippen molar-refractivity contribution in [2.75, 3.05) is 10.6 Å². The molecular weight excluding hydrogens is 350 g/mol. The van der Waals surface area contributed by atoms with E-state index in [0.717, 1.165) is 29.3 Å². The number of aryl methyl sites for hydroxylation is 1. The molecule has 2 N–H and O–H groups in total. The first-order valence-electron chi connectivity index (χ1n) is 8.50. The topological polar surface area (TPSA) is 59.1 Å². The monoisotopic (exact) mass is 370 g/mol. The predicted octanol–water partition coefficient (Wildman–Crippen LogP) is 5.34. The Morgan fingerprint density at radius 3 is 2.22 bits per heavy atom. The first-order valence-corrected chi connectivity index (χ1v) is 8.50. The molecule has 0 atom stereocenters. The number of nitrogens with one attached hydrogen (secondary N) is 2. The van der Waals surface area contributed by atoms with Gasteiger partial charge in [0.15, 0.2) is 11.6 Å². The molecule has 27 heavy (non-hydrogen) atoms. The van der Waals surface area contributed by atoms with Crippen LogP contribution in [0, 0.1) is 18.6 Å². The number of hydrogen-bond acceptors (Lipinski definition) is 5. The van der Waals surface area contributed by atoms with Crippen molar-refractivity contribution in [2.24, 2.45) is 0 Å². The van der Waals surface area contributed by atoms with Gasteiger partial charge in [-0.2, -0.15) is 4.98 Å². The normalized spacial score (nSPS) is 10.7. The number of aromatic nitrogens is 2. The van der Waals surface area contributed by atoms with E-state index in [4.69, 9.17) is 4.74 Å². The molecule has 0 saturated carbocycles. The minimum atomic E-state index is -0.935. The van der Waals surface area contributed by atoms with Crippen molar-refractivity contribution in [1.82, 2.24) is 9.97 Å². The Balaban J connectivity index is 1.75. The van der Waals surface area contributed by atoms with Crippen molar-refractivity contribution in [2.45, 2.75) is 26.9 Å². The standard InChI is InChI=1S/C20H20F2N4O/c1-12(2)27-16-7-4-14(5-8-16)24-19-10-13(3)23-20(26-19)25-15-6-9-17(21)18(22)11-15/h4-12H,1-3H3,(H2,23,24,25,26). The first kappa shape index (κ1) is 18.6. The Bertz CT molecular complexity index is 930. The number of rotatable bonds is 6. The van der Waals surface area contributed by atoms with E-state index >= 15 is 0 Å². The third-order valence-electron chi connectivity index (χ3n) is 3.53. The van der Waals surface area contributed by atoms with E-state index in [2.05, 4.69) is 20.6 Å². The summed E-state index contributed by atoms with van der Waals surface area (Å²) in [4.78, 5) is 8.64. The van der Waals surface area contributed by atoms with E-state index in [0.29, 0.717) is 11.5 Å². The van der Waals surface area contributed by atoms with E-state index in [1.165, 1.54) is 6.07 Å². The summed E-state index contributed by atoms with van der Waals surface area (Å²) in [5.74, 6) is -0.198. The van der Waals surface area contributed by atoms with Gasteiger partial charge >= 0.3 is 0 Å². The van der Waals surface area contributed by atoms with E-state index in [-0.39, 0.29) is 12.1 Å². The zero-order valence-electron chi connectivity index (χ0n) is 15.3. The van der Waals surface area contributed by atoms with Gasteiger partial charge in [-0.15, -0.1) is 0 Å². The second-order valence-corrected chi connectivity index (χ2v) is 6.29. The van der Waals surface area contributed by atoms with Gasteiger partial charge in [0.25, 0.3) is 0 Å². The Morgan fingerprint density at radius 2 is 1.56 bits per heavy atom. The van der Waals surface area contributed by atoms with Gasteiger partial charge < -0.3 is 15.4 Å². The summed E-state index contributed by atoms with van der Waals surface area (Å²) >= 11 is 0. The van der Waals surface area contributed by atoms with Crippen LogP contribution >= 0.6 is 0 Å². The highest BCUT2D eigenvalue weighted by atomic mass is 19.2. The Hall–Kier alpha value is -3.22. The second-order valence-electron chi connectivity index (χ2n) is 6.29. The van der Waals surface area contributed by atoms with Crippen LogP contribution in [0.15, 0.2) is 48.5 Å². The molecule has 0 radical (unpaired) electrons. The number of halogens is 2. The molecule has 7 heteroatoms. The predicted molar refractivity (Wildman–Crippen MR) is 102 cm³/mol. The van der Waals surface area contributed by atoms with Crippen LogP contribution in [0.3, 0.4) is 0 Å². The van der Waals surface area contributed by atoms with Crippen molar-refractivity contribution in [3.8, 4) is 5.75 Å². The summed E-state index contributed by atoms with van der Waals surface area (Å²) < 4.78 is 32.0. The minimum Gasteiger partial charge on any atom is -0.491 e. The maximum atomic E-state index is 13.4. The summed E-state index contributed by atoms with van der Waals surface area (Å²) in [5.41, 5.74) is 1.92. The molecule has 3 rings (SSSR count). The Labute approximate surface area is 156 Å². The number of nitrogens with zero attached hydrogens (tertiary/aromatic N) is 2. The Kier molecular flexibility index (Phi) is 5.49. The van der Waals surface area contributed by atoms with Crippen molar-refractivity contribution >= 4 is 23.1 Å². The van der Waals surface area contributed by atoms with E-state index in [1.807, 2.05) is 45.0 Å². The molecule has 0 aliphatic heterocycles. The number of benzene rings is 2. The molecule has 0 aliphatic carbocycles. The summed E-state index contributed by atoms with van der Waals surface area (Å²) in [6, 6.07) is 12.8. The molecule has 3 aromatic rings. The summed E-state index contributed by atoms with van der Waals surface area (Å²) in [6.45, 7) is 5.76. The van der Waals surface area contributed by atoms with Crippen LogP contribution in [0.4, 0.5) is 31.9 Å². The third kappa shape index (κ3) is 5.13. The fraction of sp³-hybridized carbons (Fsp3) is 0.200. The molecule has 0 bridgehead atoms. The molecular formula is C20H20F2N4O. The number of hydrogen-bond donors (Lipinski definition) is 2. The largest absolute Gasteiger partial charge is 0.491 e. The lowest BCUT2D eigenvalue weighted by Crippen LogP contribution is -2.05. The van der Waals surface area contributed by atoms with E-state index in [1.54, 1.807) is 6.07 Å². The van der Waals surface area contributed by atoms with Crippen molar-refractivity contribution in [3.05, 3.63) is 65.9 Å². The lowest BCUT2D eigenvalue weighted by atomic mass is 10.3. The van der Waals surface area contributed by atoms with Gasteiger partial charge in [0.2, 0.25) is 5.95 Å². The van der Waals surface area contributed by atoms with Crippen LogP contribution in [-0.2, 0) is 0 Å². The molecule has 0 aliphatic rings. The molecule has 0 unspecified atom stereocenters. The van der Waals surface area contributed by atoms with Gasteiger partial charge in [-0.3, -0.25) is 0 Å². The highest BCUT2D eigenvalue weighted by Gasteiger charge is 2.07. The van der Waals surface area contributed by atoms with Crippen LogP contribution < -0.4 is 15.4 Å².